The van der Waals surface area contributed by atoms with Crippen LogP contribution in [0.5, 0.6) is 0 Å². The van der Waals surface area contributed by atoms with Crippen LogP contribution in [0.4, 0.5) is 0 Å². The fourth-order valence-electron chi connectivity index (χ4n) is 1.06. The lowest BCUT2D eigenvalue weighted by atomic mass is 9.80. The first-order valence-electron chi connectivity index (χ1n) is 3.74. The number of rotatable bonds is 1. The third-order valence-corrected chi connectivity index (χ3v) is 1.67. The molecule has 4 nitrogen and oxygen atoms in total. The molecule has 0 bridgehead atoms. The normalized spacial score (nSPS) is 15.5. The van der Waals surface area contributed by atoms with Crippen molar-refractivity contribution in [3.63, 3.8) is 0 Å². The summed E-state index contributed by atoms with van der Waals surface area (Å²) in [6, 6.07) is 8.81. The molecule has 0 amide bonds. The predicted octanol–water partition coefficient (Wildman–Crippen LogP) is -0.518. The molecule has 0 atom stereocenters. The summed E-state index contributed by atoms with van der Waals surface area (Å²) in [6.07, 6.45) is 0. The van der Waals surface area contributed by atoms with E-state index in [1.165, 1.54) is 0 Å². The zero-order valence-corrected chi connectivity index (χ0v) is 6.60. The summed E-state index contributed by atoms with van der Waals surface area (Å²) >= 11 is 0. The fraction of sp³-hybridized carbons (Fsp3) is 0. The number of benzene rings is 1. The Balaban J connectivity index is 2.21. The van der Waals surface area contributed by atoms with Crippen LogP contribution < -0.4 is 5.46 Å². The highest BCUT2D eigenvalue weighted by atomic mass is 16.7. The molecule has 5 heteroatoms. The van der Waals surface area contributed by atoms with Gasteiger partial charge in [-0.3, -0.25) is 0 Å². The van der Waals surface area contributed by atoms with Crippen molar-refractivity contribution in [1.29, 1.82) is 0 Å². The highest BCUT2D eigenvalue weighted by Gasteiger charge is 2.41. The molecule has 1 aromatic carbocycles. The van der Waals surface area contributed by atoms with Gasteiger partial charge in [0.15, 0.2) is 0 Å². The van der Waals surface area contributed by atoms with Crippen molar-refractivity contribution in [3.05, 3.63) is 30.3 Å². The third kappa shape index (κ3) is 1.40. The largest absolute Gasteiger partial charge is 0.637 e. The summed E-state index contributed by atoms with van der Waals surface area (Å²) in [4.78, 5) is 21.3. The molecule has 64 valence electrons. The lowest BCUT2D eigenvalue weighted by Gasteiger charge is -1.99. The minimum Gasteiger partial charge on any atom is -0.487 e. The lowest BCUT2D eigenvalue weighted by molar-refractivity contribution is -0.150. The van der Waals surface area contributed by atoms with Crippen LogP contribution in [0.25, 0.3) is 0 Å². The molecule has 2 rings (SSSR count). The molecule has 0 radical (unpaired) electrons. The zero-order chi connectivity index (χ0) is 9.26. The Hall–Kier alpha value is -1.78. The van der Waals surface area contributed by atoms with Gasteiger partial charge in [-0.2, -0.15) is 0 Å². The molecule has 1 saturated heterocycles. The van der Waals surface area contributed by atoms with Crippen LogP contribution in [0, 0.1) is 0 Å². The van der Waals surface area contributed by atoms with Crippen LogP contribution in [0.1, 0.15) is 0 Å². The topological polar surface area (TPSA) is 52.6 Å². The van der Waals surface area contributed by atoms with E-state index >= 15 is 0 Å². The Bertz CT molecular complexity index is 332. The Morgan fingerprint density at radius 3 is 2.00 bits per heavy atom. The van der Waals surface area contributed by atoms with Crippen molar-refractivity contribution in [3.8, 4) is 0 Å². The summed E-state index contributed by atoms with van der Waals surface area (Å²) in [5, 5.41) is 0. The number of hydrogen-bond acceptors (Lipinski definition) is 4. The molecule has 0 aliphatic carbocycles. The second kappa shape index (κ2) is 2.93. The van der Waals surface area contributed by atoms with Crippen LogP contribution >= 0.6 is 0 Å². The average molecular weight is 176 g/mol. The molecule has 1 aromatic rings. The van der Waals surface area contributed by atoms with Crippen LogP contribution in [-0.4, -0.2) is 19.1 Å². The average Bonchev–Trinajstić information content (AvgIpc) is 2.49. The third-order valence-electron chi connectivity index (χ3n) is 1.67. The molecule has 0 aromatic heterocycles. The van der Waals surface area contributed by atoms with Gasteiger partial charge in [-0.05, 0) is 0 Å². The minimum atomic E-state index is -0.936. The second-order valence-electron chi connectivity index (χ2n) is 2.55. The van der Waals surface area contributed by atoms with Gasteiger partial charge in [0.25, 0.3) is 0 Å². The summed E-state index contributed by atoms with van der Waals surface area (Å²) < 4.78 is 9.30. The molecular formula is C8H5BO4. The Kier molecular flexibility index (Phi) is 1.77. The SMILES string of the molecule is O=C1OB(c2ccccc2)OC1=O. The van der Waals surface area contributed by atoms with Crippen LogP contribution in [-0.2, 0) is 18.9 Å². The maximum Gasteiger partial charge on any atom is 0.637 e. The quantitative estimate of drug-likeness (QED) is 0.426. The van der Waals surface area contributed by atoms with E-state index in [4.69, 9.17) is 0 Å². The van der Waals surface area contributed by atoms with Gasteiger partial charge >= 0.3 is 19.1 Å². The molecule has 13 heavy (non-hydrogen) atoms. The van der Waals surface area contributed by atoms with Gasteiger partial charge in [-0.15, -0.1) is 0 Å². The highest BCUT2D eigenvalue weighted by Crippen LogP contribution is 2.03. The van der Waals surface area contributed by atoms with Crippen LogP contribution in [0.2, 0.25) is 0 Å². The second-order valence-corrected chi connectivity index (χ2v) is 2.55. The van der Waals surface area contributed by atoms with Crippen LogP contribution in [0.3, 0.4) is 0 Å². The molecule has 1 aliphatic heterocycles. The van der Waals surface area contributed by atoms with Crippen LogP contribution in [0.15, 0.2) is 30.3 Å². The van der Waals surface area contributed by atoms with Crippen molar-refractivity contribution in [2.45, 2.75) is 0 Å². The number of hydrogen-bond donors (Lipinski definition) is 0. The Labute approximate surface area is 74.6 Å². The predicted molar refractivity (Wildman–Crippen MR) is 44.0 cm³/mol. The monoisotopic (exact) mass is 176 g/mol. The smallest absolute Gasteiger partial charge is 0.487 e. The number of carbonyl (C=O) groups excluding carboxylic acids is 2. The van der Waals surface area contributed by atoms with Gasteiger partial charge < -0.3 is 9.31 Å². The number of carbonyl (C=O) groups is 2. The van der Waals surface area contributed by atoms with Gasteiger partial charge in [-0.25, -0.2) is 9.59 Å². The van der Waals surface area contributed by atoms with E-state index in [0.717, 1.165) is 0 Å². The van der Waals surface area contributed by atoms with E-state index in [0.29, 0.717) is 5.46 Å². The van der Waals surface area contributed by atoms with E-state index < -0.39 is 19.1 Å². The van der Waals surface area contributed by atoms with E-state index in [2.05, 4.69) is 9.31 Å². The first-order chi connectivity index (χ1) is 6.27. The van der Waals surface area contributed by atoms with Crippen molar-refractivity contribution in [2.24, 2.45) is 0 Å². The molecule has 0 unspecified atom stereocenters. The van der Waals surface area contributed by atoms with E-state index in [1.54, 1.807) is 24.3 Å². The van der Waals surface area contributed by atoms with Gasteiger partial charge in [0.2, 0.25) is 0 Å². The van der Waals surface area contributed by atoms with Crippen molar-refractivity contribution < 1.29 is 18.9 Å². The van der Waals surface area contributed by atoms with Gasteiger partial charge in [0, 0.05) is 5.46 Å². The minimum absolute atomic E-state index is 0.654. The molecule has 1 fully saturated rings. The van der Waals surface area contributed by atoms with Crippen molar-refractivity contribution in [1.82, 2.24) is 0 Å². The van der Waals surface area contributed by atoms with Gasteiger partial charge in [0.05, 0.1) is 0 Å². The Morgan fingerprint density at radius 1 is 0.923 bits per heavy atom. The first kappa shape index (κ1) is 7.85. The summed E-state index contributed by atoms with van der Waals surface area (Å²) in [6.45, 7) is 0. The van der Waals surface area contributed by atoms with Gasteiger partial charge in [-0.1, -0.05) is 30.3 Å². The van der Waals surface area contributed by atoms with E-state index in [-0.39, 0.29) is 0 Å². The fourth-order valence-corrected chi connectivity index (χ4v) is 1.06. The molecule has 0 N–H and O–H groups in total. The van der Waals surface area contributed by atoms with Gasteiger partial charge in [0.1, 0.15) is 0 Å². The molecule has 0 spiro atoms. The highest BCUT2D eigenvalue weighted by molar-refractivity contribution is 6.70. The summed E-state index contributed by atoms with van der Waals surface area (Å²) in [7, 11) is -0.874. The maximum absolute atomic E-state index is 10.7. The zero-order valence-electron chi connectivity index (χ0n) is 6.60. The molecular weight excluding hydrogens is 171 g/mol. The Morgan fingerprint density at radius 2 is 1.46 bits per heavy atom. The standard InChI is InChI=1S/C8H5BO4/c10-7-8(11)13-9(12-7)6-4-2-1-3-5-6/h1-5H. The molecule has 1 heterocycles. The summed E-state index contributed by atoms with van der Waals surface area (Å²) in [5.41, 5.74) is 0.654. The summed E-state index contributed by atoms with van der Waals surface area (Å²) in [5.74, 6) is -1.87. The van der Waals surface area contributed by atoms with E-state index in [1.807, 2.05) is 6.07 Å². The van der Waals surface area contributed by atoms with Crippen molar-refractivity contribution >= 4 is 24.5 Å². The first-order valence-corrected chi connectivity index (χ1v) is 3.74. The van der Waals surface area contributed by atoms with Crippen molar-refractivity contribution in [2.75, 3.05) is 0 Å². The lowest BCUT2D eigenvalue weighted by Crippen LogP contribution is -2.31. The maximum atomic E-state index is 10.7. The molecule has 1 aliphatic rings. The molecule has 0 saturated carbocycles. The van der Waals surface area contributed by atoms with E-state index in [9.17, 15) is 9.59 Å².